The van der Waals surface area contributed by atoms with E-state index in [1.54, 1.807) is 29.2 Å². The van der Waals surface area contributed by atoms with Crippen LogP contribution >= 0.6 is 0 Å². The highest BCUT2D eigenvalue weighted by molar-refractivity contribution is 5.97. The molecular weight excluding hydrogens is 270 g/mol. The van der Waals surface area contributed by atoms with Crippen LogP contribution in [0.4, 0.5) is 0 Å². The molecule has 110 valence electrons. The minimum atomic E-state index is -0.630. The molecule has 2 aromatic rings. The molecule has 5 nitrogen and oxygen atoms in total. The molecule has 0 radical (unpaired) electrons. The van der Waals surface area contributed by atoms with Crippen LogP contribution in [0.2, 0.25) is 0 Å². The number of carbonyl (C=O) groups excluding carboxylic acids is 1. The number of benzene rings is 1. The second-order valence-corrected chi connectivity index (χ2v) is 5.50. The third kappa shape index (κ3) is 2.34. The van der Waals surface area contributed by atoms with Gasteiger partial charge in [-0.25, -0.2) is 4.79 Å². The molecule has 1 fully saturated rings. The summed E-state index contributed by atoms with van der Waals surface area (Å²) in [4.78, 5) is 26.2. The van der Waals surface area contributed by atoms with Crippen molar-refractivity contribution < 1.29 is 14.3 Å². The highest BCUT2D eigenvalue weighted by atomic mass is 16.4. The summed E-state index contributed by atoms with van der Waals surface area (Å²) in [5, 5.41) is 10.2. The van der Waals surface area contributed by atoms with Crippen molar-refractivity contribution >= 4 is 16.9 Å². The lowest BCUT2D eigenvalue weighted by molar-refractivity contribution is 0.0644. The maximum absolute atomic E-state index is 12.6. The first-order valence-electron chi connectivity index (χ1n) is 7.06. The van der Waals surface area contributed by atoms with Crippen LogP contribution in [0, 0.1) is 5.92 Å². The molecular formula is C16H17NO4. The van der Waals surface area contributed by atoms with Gasteiger partial charge in [0, 0.05) is 11.9 Å². The van der Waals surface area contributed by atoms with Crippen molar-refractivity contribution in [2.75, 3.05) is 13.2 Å². The number of aliphatic hydroxyl groups is 1. The number of hydrogen-bond donors (Lipinski definition) is 1. The number of para-hydroxylation sites is 1. The molecule has 1 amide bonds. The van der Waals surface area contributed by atoms with Gasteiger partial charge in [0.15, 0.2) is 0 Å². The Hall–Kier alpha value is -2.14. The summed E-state index contributed by atoms with van der Waals surface area (Å²) in [5.74, 6) is -0.135. The summed E-state index contributed by atoms with van der Waals surface area (Å²) in [7, 11) is 0. The number of hydrogen-bond acceptors (Lipinski definition) is 4. The van der Waals surface area contributed by atoms with Crippen LogP contribution in [0.25, 0.3) is 11.0 Å². The van der Waals surface area contributed by atoms with Gasteiger partial charge in [-0.2, -0.15) is 0 Å². The van der Waals surface area contributed by atoms with E-state index in [0.717, 1.165) is 6.42 Å². The predicted molar refractivity (Wildman–Crippen MR) is 78.2 cm³/mol. The Morgan fingerprint density at radius 2 is 2.19 bits per heavy atom. The van der Waals surface area contributed by atoms with Gasteiger partial charge in [0.25, 0.3) is 5.91 Å². The lowest BCUT2D eigenvalue weighted by atomic mass is 10.0. The van der Waals surface area contributed by atoms with Gasteiger partial charge in [-0.3, -0.25) is 4.79 Å². The first-order chi connectivity index (χ1) is 10.1. The Labute approximate surface area is 121 Å². The summed E-state index contributed by atoms with van der Waals surface area (Å²) >= 11 is 0. The van der Waals surface area contributed by atoms with E-state index in [9.17, 15) is 14.7 Å². The largest absolute Gasteiger partial charge is 0.422 e. The third-order valence-corrected chi connectivity index (χ3v) is 4.20. The number of amides is 1. The topological polar surface area (TPSA) is 70.8 Å². The maximum Gasteiger partial charge on any atom is 0.349 e. The van der Waals surface area contributed by atoms with Crippen LogP contribution in [0.1, 0.15) is 23.7 Å². The standard InChI is InChI=1S/C16H17NO4/c1-10-6-7-17(13(10)9-18)15(19)12-8-11-4-2-3-5-14(11)21-16(12)20/h2-5,8,10,13,18H,6-7,9H2,1H3. The van der Waals surface area contributed by atoms with Crippen molar-refractivity contribution in [3.05, 3.63) is 46.3 Å². The first kappa shape index (κ1) is 13.8. The molecule has 0 aliphatic carbocycles. The van der Waals surface area contributed by atoms with Gasteiger partial charge in [0.2, 0.25) is 0 Å². The third-order valence-electron chi connectivity index (χ3n) is 4.20. The van der Waals surface area contributed by atoms with Gasteiger partial charge in [0.05, 0.1) is 12.6 Å². The number of aliphatic hydroxyl groups excluding tert-OH is 1. The molecule has 1 N–H and O–H groups in total. The van der Waals surface area contributed by atoms with Gasteiger partial charge in [-0.05, 0) is 24.5 Å². The fraction of sp³-hybridized carbons (Fsp3) is 0.375. The molecule has 5 heteroatoms. The molecule has 1 saturated heterocycles. The number of likely N-dealkylation sites (tertiary alicyclic amines) is 1. The van der Waals surface area contributed by atoms with Gasteiger partial charge in [-0.15, -0.1) is 0 Å². The second kappa shape index (κ2) is 5.33. The van der Waals surface area contributed by atoms with E-state index in [4.69, 9.17) is 4.42 Å². The Bertz CT molecular complexity index is 736. The minimum Gasteiger partial charge on any atom is -0.422 e. The fourth-order valence-corrected chi connectivity index (χ4v) is 2.90. The van der Waals surface area contributed by atoms with Gasteiger partial charge < -0.3 is 14.4 Å². The lowest BCUT2D eigenvalue weighted by Gasteiger charge is -2.24. The van der Waals surface area contributed by atoms with Crippen LogP contribution in [0.15, 0.2) is 39.5 Å². The summed E-state index contributed by atoms with van der Waals surface area (Å²) < 4.78 is 5.20. The molecule has 1 aromatic carbocycles. The number of carbonyl (C=O) groups is 1. The summed E-state index contributed by atoms with van der Waals surface area (Å²) in [6, 6.07) is 8.43. The Kier molecular flexibility index (Phi) is 3.51. The first-order valence-corrected chi connectivity index (χ1v) is 7.06. The van der Waals surface area contributed by atoms with E-state index < -0.39 is 5.63 Å². The van der Waals surface area contributed by atoms with Crippen molar-refractivity contribution in [2.24, 2.45) is 5.92 Å². The van der Waals surface area contributed by atoms with Crippen molar-refractivity contribution in [3.63, 3.8) is 0 Å². The maximum atomic E-state index is 12.6. The van der Waals surface area contributed by atoms with Crippen molar-refractivity contribution in [1.29, 1.82) is 0 Å². The zero-order chi connectivity index (χ0) is 15.0. The van der Waals surface area contributed by atoms with Gasteiger partial charge in [0.1, 0.15) is 11.1 Å². The van der Waals surface area contributed by atoms with Crippen LogP contribution in [-0.2, 0) is 0 Å². The molecule has 0 spiro atoms. The SMILES string of the molecule is CC1CCN(C(=O)c2cc3ccccc3oc2=O)C1CO. The molecule has 3 rings (SSSR count). The van der Waals surface area contributed by atoms with Gasteiger partial charge >= 0.3 is 5.63 Å². The van der Waals surface area contributed by atoms with E-state index in [1.165, 1.54) is 0 Å². The van der Waals surface area contributed by atoms with E-state index in [0.29, 0.717) is 17.5 Å². The number of nitrogens with zero attached hydrogens (tertiary/aromatic N) is 1. The second-order valence-electron chi connectivity index (χ2n) is 5.50. The monoisotopic (exact) mass is 287 g/mol. The molecule has 1 aliphatic heterocycles. The zero-order valence-corrected chi connectivity index (χ0v) is 11.8. The average Bonchev–Trinajstić information content (AvgIpc) is 2.86. The molecule has 0 saturated carbocycles. The molecule has 2 atom stereocenters. The lowest BCUT2D eigenvalue weighted by Crippen LogP contribution is -2.41. The van der Waals surface area contributed by atoms with E-state index in [2.05, 4.69) is 0 Å². The smallest absolute Gasteiger partial charge is 0.349 e. The number of fused-ring (bicyclic) bond motifs is 1. The molecule has 0 bridgehead atoms. The van der Waals surface area contributed by atoms with Gasteiger partial charge in [-0.1, -0.05) is 25.1 Å². The highest BCUT2D eigenvalue weighted by Crippen LogP contribution is 2.25. The van der Waals surface area contributed by atoms with Crippen LogP contribution in [-0.4, -0.2) is 35.1 Å². The van der Waals surface area contributed by atoms with Crippen LogP contribution in [0.3, 0.4) is 0 Å². The van der Waals surface area contributed by atoms with Crippen LogP contribution in [0.5, 0.6) is 0 Å². The minimum absolute atomic E-state index is 0.0289. The Morgan fingerprint density at radius 1 is 1.43 bits per heavy atom. The fourth-order valence-electron chi connectivity index (χ4n) is 2.90. The molecule has 1 aliphatic rings. The van der Waals surface area contributed by atoms with Crippen molar-refractivity contribution in [1.82, 2.24) is 4.90 Å². The van der Waals surface area contributed by atoms with E-state index in [1.807, 2.05) is 13.0 Å². The van der Waals surface area contributed by atoms with E-state index in [-0.39, 0.29) is 30.0 Å². The Balaban J connectivity index is 2.02. The number of rotatable bonds is 2. The molecule has 21 heavy (non-hydrogen) atoms. The normalized spacial score (nSPS) is 21.9. The zero-order valence-electron chi connectivity index (χ0n) is 11.8. The van der Waals surface area contributed by atoms with Crippen molar-refractivity contribution in [3.8, 4) is 0 Å². The van der Waals surface area contributed by atoms with Crippen LogP contribution < -0.4 is 5.63 Å². The summed E-state index contributed by atoms with van der Waals surface area (Å²) in [5.41, 5.74) is -0.135. The summed E-state index contributed by atoms with van der Waals surface area (Å²) in [6.07, 6.45) is 0.829. The Morgan fingerprint density at radius 3 is 2.95 bits per heavy atom. The van der Waals surface area contributed by atoms with Crippen molar-refractivity contribution in [2.45, 2.75) is 19.4 Å². The quantitative estimate of drug-likeness (QED) is 0.852. The van der Waals surface area contributed by atoms with E-state index >= 15 is 0 Å². The molecule has 2 heterocycles. The highest BCUT2D eigenvalue weighted by Gasteiger charge is 2.35. The molecule has 2 unspecified atom stereocenters. The average molecular weight is 287 g/mol. The summed E-state index contributed by atoms with van der Waals surface area (Å²) in [6.45, 7) is 2.46. The predicted octanol–water partition coefficient (Wildman–Crippen LogP) is 1.64. The molecule has 1 aromatic heterocycles.